The summed E-state index contributed by atoms with van der Waals surface area (Å²) in [6, 6.07) is 3.89. The van der Waals surface area contributed by atoms with Crippen LogP contribution in [0.5, 0.6) is 0 Å². The Morgan fingerprint density at radius 1 is 1.53 bits per heavy atom. The van der Waals surface area contributed by atoms with Crippen LogP contribution in [-0.2, 0) is 4.79 Å². The number of nitro groups is 1. The fourth-order valence-electron chi connectivity index (χ4n) is 1.63. The van der Waals surface area contributed by atoms with Gasteiger partial charge in [-0.1, -0.05) is 25.4 Å². The fraction of sp³-hybridized carbons (Fsp3) is 0.417. The van der Waals surface area contributed by atoms with Gasteiger partial charge in [0.05, 0.1) is 21.6 Å². The normalized spacial score (nSPS) is 12.3. The average Bonchev–Trinajstić information content (AvgIpc) is 2.31. The van der Waals surface area contributed by atoms with Gasteiger partial charge >= 0.3 is 0 Å². The van der Waals surface area contributed by atoms with Crippen molar-refractivity contribution in [2.75, 3.05) is 11.9 Å². The van der Waals surface area contributed by atoms with Crippen molar-refractivity contribution < 1.29 is 9.72 Å². The molecule has 0 saturated heterocycles. The molecule has 1 rings (SSSR count). The van der Waals surface area contributed by atoms with Gasteiger partial charge in [0, 0.05) is 18.7 Å². The molecule has 6 nitrogen and oxygen atoms in total. The predicted octanol–water partition coefficient (Wildman–Crippen LogP) is 2.42. The number of nitrogens with zero attached hydrogens (tertiary/aromatic N) is 1. The summed E-state index contributed by atoms with van der Waals surface area (Å²) in [5.41, 5.74) is 5.63. The summed E-state index contributed by atoms with van der Waals surface area (Å²) in [4.78, 5) is 22.1. The third kappa shape index (κ3) is 3.90. The molecule has 19 heavy (non-hydrogen) atoms. The monoisotopic (exact) mass is 285 g/mol. The third-order valence-corrected chi connectivity index (χ3v) is 3.14. The van der Waals surface area contributed by atoms with E-state index in [0.717, 1.165) is 0 Å². The quantitative estimate of drug-likeness (QED) is 0.641. The lowest BCUT2D eigenvalue weighted by molar-refractivity contribution is -0.384. The van der Waals surface area contributed by atoms with E-state index in [9.17, 15) is 14.9 Å². The Bertz CT molecular complexity index is 491. The molecule has 0 fully saturated rings. The van der Waals surface area contributed by atoms with Crippen molar-refractivity contribution in [2.45, 2.75) is 13.8 Å². The van der Waals surface area contributed by atoms with Crippen molar-refractivity contribution in [2.24, 2.45) is 17.6 Å². The molecular weight excluding hydrogens is 270 g/mol. The van der Waals surface area contributed by atoms with Crippen molar-refractivity contribution >= 4 is 28.9 Å². The minimum absolute atomic E-state index is 0.0717. The summed E-state index contributed by atoms with van der Waals surface area (Å²) >= 11 is 5.90. The molecule has 0 aliphatic heterocycles. The summed E-state index contributed by atoms with van der Waals surface area (Å²) in [6.07, 6.45) is 0. The van der Waals surface area contributed by atoms with Gasteiger partial charge in [-0.3, -0.25) is 14.9 Å². The van der Waals surface area contributed by atoms with Crippen LogP contribution >= 0.6 is 11.6 Å². The Kier molecular flexibility index (Phi) is 5.26. The Hall–Kier alpha value is -1.66. The molecule has 0 radical (unpaired) electrons. The van der Waals surface area contributed by atoms with E-state index in [-0.39, 0.29) is 40.7 Å². The fourth-order valence-corrected chi connectivity index (χ4v) is 1.79. The summed E-state index contributed by atoms with van der Waals surface area (Å²) in [5.74, 6) is -0.585. The molecule has 7 heteroatoms. The van der Waals surface area contributed by atoms with Crippen LogP contribution in [0.3, 0.4) is 0 Å². The zero-order chi connectivity index (χ0) is 14.6. The van der Waals surface area contributed by atoms with E-state index < -0.39 is 4.92 Å². The Morgan fingerprint density at radius 3 is 2.63 bits per heavy atom. The second-order valence-corrected chi connectivity index (χ2v) is 4.90. The number of anilines is 1. The minimum Gasteiger partial charge on any atom is -0.330 e. The standard InChI is InChI=1S/C12H16ClN3O3/c1-7(2)9(6-14)12(17)15-11-5-8(16(18)19)3-4-10(11)13/h3-5,7,9H,6,14H2,1-2H3,(H,15,17). The van der Waals surface area contributed by atoms with E-state index in [0.29, 0.717) is 0 Å². The molecule has 0 aliphatic rings. The first-order valence-corrected chi connectivity index (χ1v) is 6.19. The lowest BCUT2D eigenvalue weighted by Gasteiger charge is -2.18. The highest BCUT2D eigenvalue weighted by Crippen LogP contribution is 2.27. The zero-order valence-electron chi connectivity index (χ0n) is 10.7. The maximum Gasteiger partial charge on any atom is 0.271 e. The molecular formula is C12H16ClN3O3. The number of non-ortho nitro benzene ring substituents is 1. The molecule has 1 unspecified atom stereocenters. The summed E-state index contributed by atoms with van der Waals surface area (Å²) < 4.78 is 0. The third-order valence-electron chi connectivity index (χ3n) is 2.81. The second-order valence-electron chi connectivity index (χ2n) is 4.50. The summed E-state index contributed by atoms with van der Waals surface area (Å²) in [5, 5.41) is 13.5. The molecule has 1 amide bonds. The topological polar surface area (TPSA) is 98.3 Å². The predicted molar refractivity (Wildman–Crippen MR) is 74.1 cm³/mol. The van der Waals surface area contributed by atoms with Gasteiger partial charge in [0.1, 0.15) is 0 Å². The van der Waals surface area contributed by atoms with Crippen LogP contribution in [0.15, 0.2) is 18.2 Å². The van der Waals surface area contributed by atoms with Crippen LogP contribution in [0.4, 0.5) is 11.4 Å². The van der Waals surface area contributed by atoms with E-state index in [2.05, 4.69) is 5.32 Å². The Balaban J connectivity index is 2.95. The number of nitrogens with one attached hydrogen (secondary N) is 1. The highest BCUT2D eigenvalue weighted by Gasteiger charge is 2.22. The molecule has 104 valence electrons. The van der Waals surface area contributed by atoms with Crippen LogP contribution in [0.1, 0.15) is 13.8 Å². The van der Waals surface area contributed by atoms with Gasteiger partial charge in [-0.05, 0) is 12.0 Å². The number of benzene rings is 1. The number of rotatable bonds is 5. The van der Waals surface area contributed by atoms with Crippen molar-refractivity contribution in [3.05, 3.63) is 33.3 Å². The zero-order valence-corrected chi connectivity index (χ0v) is 11.5. The van der Waals surface area contributed by atoms with Gasteiger partial charge in [-0.25, -0.2) is 0 Å². The van der Waals surface area contributed by atoms with Crippen molar-refractivity contribution in [3.8, 4) is 0 Å². The van der Waals surface area contributed by atoms with E-state index in [4.69, 9.17) is 17.3 Å². The van der Waals surface area contributed by atoms with Crippen molar-refractivity contribution in [1.29, 1.82) is 0 Å². The van der Waals surface area contributed by atoms with E-state index in [1.54, 1.807) is 0 Å². The van der Waals surface area contributed by atoms with E-state index >= 15 is 0 Å². The van der Waals surface area contributed by atoms with Crippen LogP contribution < -0.4 is 11.1 Å². The van der Waals surface area contributed by atoms with Crippen molar-refractivity contribution in [3.63, 3.8) is 0 Å². The van der Waals surface area contributed by atoms with Crippen LogP contribution in [0.25, 0.3) is 0 Å². The summed E-state index contributed by atoms with van der Waals surface area (Å²) in [6.45, 7) is 3.97. The number of nitro benzene ring substituents is 1. The number of halogens is 1. The van der Waals surface area contributed by atoms with E-state index in [1.165, 1.54) is 18.2 Å². The number of hydrogen-bond acceptors (Lipinski definition) is 4. The van der Waals surface area contributed by atoms with Gasteiger partial charge < -0.3 is 11.1 Å². The maximum atomic E-state index is 12.0. The first kappa shape index (κ1) is 15.4. The van der Waals surface area contributed by atoms with Gasteiger partial charge in [-0.15, -0.1) is 0 Å². The lowest BCUT2D eigenvalue weighted by atomic mass is 9.95. The SMILES string of the molecule is CC(C)C(CN)C(=O)Nc1cc([N+](=O)[O-])ccc1Cl. The van der Waals surface area contributed by atoms with Gasteiger partial charge in [-0.2, -0.15) is 0 Å². The molecule has 0 heterocycles. The molecule has 1 aromatic carbocycles. The van der Waals surface area contributed by atoms with Gasteiger partial charge in [0.25, 0.3) is 5.69 Å². The molecule has 0 bridgehead atoms. The molecule has 1 atom stereocenters. The van der Waals surface area contributed by atoms with Crippen LogP contribution in [0, 0.1) is 22.0 Å². The Labute approximate surface area is 116 Å². The minimum atomic E-state index is -0.547. The second kappa shape index (κ2) is 6.49. The lowest BCUT2D eigenvalue weighted by Crippen LogP contribution is -2.33. The summed E-state index contributed by atoms with van der Waals surface area (Å²) in [7, 11) is 0. The average molecular weight is 286 g/mol. The first-order valence-electron chi connectivity index (χ1n) is 5.81. The van der Waals surface area contributed by atoms with Gasteiger partial charge in [0.15, 0.2) is 0 Å². The van der Waals surface area contributed by atoms with Crippen LogP contribution in [-0.4, -0.2) is 17.4 Å². The Morgan fingerprint density at radius 2 is 2.16 bits per heavy atom. The number of nitrogens with two attached hydrogens (primary N) is 1. The first-order chi connectivity index (χ1) is 8.86. The number of amides is 1. The number of carbonyl (C=O) groups excluding carboxylic acids is 1. The molecule has 1 aromatic rings. The molecule has 0 saturated carbocycles. The van der Waals surface area contributed by atoms with Gasteiger partial charge in [0.2, 0.25) is 5.91 Å². The molecule has 0 aliphatic carbocycles. The molecule has 3 N–H and O–H groups in total. The van der Waals surface area contributed by atoms with Crippen molar-refractivity contribution in [1.82, 2.24) is 0 Å². The molecule has 0 aromatic heterocycles. The number of hydrogen-bond donors (Lipinski definition) is 2. The van der Waals surface area contributed by atoms with E-state index in [1.807, 2.05) is 13.8 Å². The highest BCUT2D eigenvalue weighted by atomic mass is 35.5. The molecule has 0 spiro atoms. The van der Waals surface area contributed by atoms with Crippen LogP contribution in [0.2, 0.25) is 5.02 Å². The maximum absolute atomic E-state index is 12.0. The number of carbonyl (C=O) groups is 1. The highest BCUT2D eigenvalue weighted by molar-refractivity contribution is 6.33. The smallest absolute Gasteiger partial charge is 0.271 e. The largest absolute Gasteiger partial charge is 0.330 e.